The maximum absolute atomic E-state index is 12.6. The summed E-state index contributed by atoms with van der Waals surface area (Å²) in [5, 5.41) is 5.84. The van der Waals surface area contributed by atoms with Crippen molar-refractivity contribution in [2.45, 2.75) is 6.92 Å². The Kier molecular flexibility index (Phi) is 2.12. The van der Waals surface area contributed by atoms with Gasteiger partial charge in [-0.2, -0.15) is 5.10 Å². The first-order valence-corrected chi connectivity index (χ1v) is 4.72. The number of hydrogen-bond acceptors (Lipinski definition) is 4. The molecule has 0 aliphatic carbocycles. The summed E-state index contributed by atoms with van der Waals surface area (Å²) in [6.45, 7) is 1.43. The Hall–Kier alpha value is -1.56. The number of Topliss-reactive ketones (excluding diaryl/α,β-unsaturated/α-hetero) is 1. The van der Waals surface area contributed by atoms with Crippen LogP contribution in [0, 0.1) is 5.82 Å². The van der Waals surface area contributed by atoms with Crippen molar-refractivity contribution in [1.82, 2.24) is 14.8 Å². The van der Waals surface area contributed by atoms with Crippen molar-refractivity contribution in [3.05, 3.63) is 29.3 Å². The molecule has 6 heteroatoms. The Morgan fingerprint density at radius 2 is 2.43 bits per heavy atom. The first kappa shape index (κ1) is 9.01. The predicted molar refractivity (Wildman–Crippen MR) is 49.2 cm³/mol. The number of aromatic nitrogens is 3. The van der Waals surface area contributed by atoms with Gasteiger partial charge in [0.25, 0.3) is 0 Å². The van der Waals surface area contributed by atoms with Crippen LogP contribution in [-0.4, -0.2) is 20.5 Å². The van der Waals surface area contributed by atoms with Crippen molar-refractivity contribution >= 4 is 17.1 Å². The van der Waals surface area contributed by atoms with E-state index in [1.165, 1.54) is 29.1 Å². The van der Waals surface area contributed by atoms with Gasteiger partial charge in [0.15, 0.2) is 11.6 Å². The minimum absolute atomic E-state index is 0.111. The summed E-state index contributed by atoms with van der Waals surface area (Å²) in [7, 11) is 0. The van der Waals surface area contributed by atoms with Crippen molar-refractivity contribution in [1.29, 1.82) is 0 Å². The van der Waals surface area contributed by atoms with Gasteiger partial charge in [-0.05, 0) is 0 Å². The third-order valence-corrected chi connectivity index (χ3v) is 2.43. The van der Waals surface area contributed by atoms with Crippen molar-refractivity contribution in [3.8, 4) is 5.13 Å². The molecular formula is C8H6FN3OS. The molecule has 2 aromatic rings. The van der Waals surface area contributed by atoms with E-state index in [0.29, 0.717) is 10.8 Å². The monoisotopic (exact) mass is 211 g/mol. The summed E-state index contributed by atoms with van der Waals surface area (Å²) in [6, 6.07) is 0. The van der Waals surface area contributed by atoms with Crippen LogP contribution in [0.4, 0.5) is 4.39 Å². The number of carbonyl (C=O) groups is 1. The summed E-state index contributed by atoms with van der Waals surface area (Å²) in [6.07, 6.45) is 2.30. The fourth-order valence-electron chi connectivity index (χ4n) is 0.937. The zero-order valence-corrected chi connectivity index (χ0v) is 8.08. The van der Waals surface area contributed by atoms with Crippen LogP contribution in [0.5, 0.6) is 0 Å². The topological polar surface area (TPSA) is 47.8 Å². The molecule has 0 bridgehead atoms. The van der Waals surface area contributed by atoms with E-state index in [-0.39, 0.29) is 5.78 Å². The van der Waals surface area contributed by atoms with Gasteiger partial charge in [-0.1, -0.05) is 0 Å². The van der Waals surface area contributed by atoms with Crippen LogP contribution in [0.3, 0.4) is 0 Å². The molecule has 0 amide bonds. The number of ketones is 1. The Balaban J connectivity index is 2.38. The lowest BCUT2D eigenvalue weighted by atomic mass is 10.4. The second-order valence-electron chi connectivity index (χ2n) is 2.67. The molecule has 4 nitrogen and oxygen atoms in total. The van der Waals surface area contributed by atoms with Gasteiger partial charge < -0.3 is 0 Å². The molecule has 2 rings (SSSR count). The quantitative estimate of drug-likeness (QED) is 0.710. The van der Waals surface area contributed by atoms with Gasteiger partial charge in [0.2, 0.25) is 5.13 Å². The average Bonchev–Trinajstić information content (AvgIpc) is 2.70. The van der Waals surface area contributed by atoms with Crippen LogP contribution in [0.25, 0.3) is 5.13 Å². The molecule has 72 valence electrons. The van der Waals surface area contributed by atoms with Crippen molar-refractivity contribution < 1.29 is 9.18 Å². The van der Waals surface area contributed by atoms with Gasteiger partial charge >= 0.3 is 0 Å². The zero-order chi connectivity index (χ0) is 10.1. The lowest BCUT2D eigenvalue weighted by Crippen LogP contribution is -1.96. The Morgan fingerprint density at radius 3 is 2.93 bits per heavy atom. The molecule has 0 atom stereocenters. The molecule has 0 saturated carbocycles. The molecule has 0 N–H and O–H groups in total. The van der Waals surface area contributed by atoms with Crippen LogP contribution < -0.4 is 0 Å². The summed E-state index contributed by atoms with van der Waals surface area (Å²) >= 11 is 1.25. The summed E-state index contributed by atoms with van der Waals surface area (Å²) < 4.78 is 13.9. The Morgan fingerprint density at radius 1 is 1.64 bits per heavy atom. The van der Waals surface area contributed by atoms with Crippen molar-refractivity contribution in [2.24, 2.45) is 0 Å². The summed E-state index contributed by atoms with van der Waals surface area (Å²) in [4.78, 5) is 14.9. The van der Waals surface area contributed by atoms with E-state index in [1.54, 1.807) is 5.38 Å². The standard InChI is InChI=1S/C8H6FN3OS/c1-5(13)7-4-14-8(11-7)12-3-6(9)2-10-12/h2-4H,1H3. The highest BCUT2D eigenvalue weighted by Crippen LogP contribution is 2.14. The number of halogens is 1. The van der Waals surface area contributed by atoms with Gasteiger partial charge in [0.05, 0.1) is 12.4 Å². The third kappa shape index (κ3) is 1.56. The van der Waals surface area contributed by atoms with Gasteiger partial charge in [-0.15, -0.1) is 11.3 Å². The van der Waals surface area contributed by atoms with E-state index < -0.39 is 5.82 Å². The first-order chi connectivity index (χ1) is 6.66. The third-order valence-electron chi connectivity index (χ3n) is 1.60. The second kappa shape index (κ2) is 3.30. The molecule has 0 aliphatic heterocycles. The van der Waals surface area contributed by atoms with E-state index in [0.717, 1.165) is 6.20 Å². The van der Waals surface area contributed by atoms with Crippen LogP contribution in [0.1, 0.15) is 17.4 Å². The molecule has 0 saturated heterocycles. The van der Waals surface area contributed by atoms with Crippen molar-refractivity contribution in [3.63, 3.8) is 0 Å². The Bertz CT molecular complexity index is 476. The van der Waals surface area contributed by atoms with Crippen LogP contribution in [-0.2, 0) is 0 Å². The maximum atomic E-state index is 12.6. The normalized spacial score (nSPS) is 10.4. The number of carbonyl (C=O) groups excluding carboxylic acids is 1. The molecule has 14 heavy (non-hydrogen) atoms. The molecule has 2 heterocycles. The van der Waals surface area contributed by atoms with Crippen molar-refractivity contribution in [2.75, 3.05) is 0 Å². The molecule has 2 aromatic heterocycles. The van der Waals surface area contributed by atoms with Gasteiger partial charge in [0.1, 0.15) is 5.69 Å². The van der Waals surface area contributed by atoms with Crippen LogP contribution in [0.15, 0.2) is 17.8 Å². The molecule has 0 fully saturated rings. The van der Waals surface area contributed by atoms with E-state index in [2.05, 4.69) is 10.1 Å². The van der Waals surface area contributed by atoms with Gasteiger partial charge in [-0.3, -0.25) is 4.79 Å². The molecule has 0 aromatic carbocycles. The smallest absolute Gasteiger partial charge is 0.211 e. The highest BCUT2D eigenvalue weighted by atomic mass is 32.1. The fraction of sp³-hybridized carbons (Fsp3) is 0.125. The first-order valence-electron chi connectivity index (χ1n) is 3.84. The summed E-state index contributed by atoms with van der Waals surface area (Å²) in [5.74, 6) is -0.537. The number of thiazole rings is 1. The minimum atomic E-state index is -0.426. The predicted octanol–water partition coefficient (Wildman–Crippen LogP) is 1.67. The lowest BCUT2D eigenvalue weighted by Gasteiger charge is -1.91. The molecule has 0 spiro atoms. The van der Waals surface area contributed by atoms with E-state index >= 15 is 0 Å². The number of hydrogen-bond donors (Lipinski definition) is 0. The van der Waals surface area contributed by atoms with Crippen LogP contribution in [0.2, 0.25) is 0 Å². The largest absolute Gasteiger partial charge is 0.293 e. The van der Waals surface area contributed by atoms with E-state index in [4.69, 9.17) is 0 Å². The molecule has 0 unspecified atom stereocenters. The van der Waals surface area contributed by atoms with E-state index in [9.17, 15) is 9.18 Å². The van der Waals surface area contributed by atoms with Gasteiger partial charge in [-0.25, -0.2) is 14.1 Å². The van der Waals surface area contributed by atoms with E-state index in [1.807, 2.05) is 0 Å². The van der Waals surface area contributed by atoms with Gasteiger partial charge in [0, 0.05) is 12.3 Å². The number of nitrogens with zero attached hydrogens (tertiary/aromatic N) is 3. The minimum Gasteiger partial charge on any atom is -0.293 e. The summed E-state index contributed by atoms with van der Waals surface area (Å²) in [5.41, 5.74) is 0.376. The Labute approximate surface area is 83.0 Å². The maximum Gasteiger partial charge on any atom is 0.211 e. The molecule has 0 radical (unpaired) electrons. The molecular weight excluding hydrogens is 205 g/mol. The second-order valence-corrected chi connectivity index (χ2v) is 3.51. The SMILES string of the molecule is CC(=O)c1csc(-n2cc(F)cn2)n1. The fourth-order valence-corrected chi connectivity index (χ4v) is 1.73. The molecule has 0 aliphatic rings. The number of rotatable bonds is 2. The lowest BCUT2D eigenvalue weighted by molar-refractivity contribution is 0.101. The zero-order valence-electron chi connectivity index (χ0n) is 7.27. The highest BCUT2D eigenvalue weighted by molar-refractivity contribution is 7.12. The van der Waals surface area contributed by atoms with Crippen LogP contribution >= 0.6 is 11.3 Å². The highest BCUT2D eigenvalue weighted by Gasteiger charge is 2.08. The average molecular weight is 211 g/mol.